The standard InChI is InChI=1S/C14H16BN/c1-10-3-5-12(8-14(10)15)7-13-6-4-11(2)16-9-13/h3-6,8-9H,7,15H2,1-2H3. The van der Waals surface area contributed by atoms with Crippen molar-refractivity contribution in [1.82, 2.24) is 4.98 Å². The summed E-state index contributed by atoms with van der Waals surface area (Å²) in [6.07, 6.45) is 2.93. The molecule has 0 aliphatic rings. The van der Waals surface area contributed by atoms with Crippen LogP contribution in [0.2, 0.25) is 0 Å². The molecule has 1 nitrogen and oxygen atoms in total. The van der Waals surface area contributed by atoms with Crippen LogP contribution in [0.1, 0.15) is 22.4 Å². The van der Waals surface area contributed by atoms with Crippen molar-refractivity contribution in [2.45, 2.75) is 20.3 Å². The lowest BCUT2D eigenvalue weighted by atomic mass is 9.88. The molecule has 16 heavy (non-hydrogen) atoms. The summed E-state index contributed by atoms with van der Waals surface area (Å²) in [4.78, 5) is 4.32. The molecule has 2 heteroatoms. The van der Waals surface area contributed by atoms with Crippen LogP contribution in [0.25, 0.3) is 0 Å². The van der Waals surface area contributed by atoms with Gasteiger partial charge >= 0.3 is 0 Å². The first-order valence-corrected chi connectivity index (χ1v) is 5.63. The van der Waals surface area contributed by atoms with E-state index in [1.807, 2.05) is 13.1 Å². The van der Waals surface area contributed by atoms with Crippen molar-refractivity contribution in [3.63, 3.8) is 0 Å². The third-order valence-electron chi connectivity index (χ3n) is 2.95. The summed E-state index contributed by atoms with van der Waals surface area (Å²) in [6.45, 7) is 4.16. The summed E-state index contributed by atoms with van der Waals surface area (Å²) >= 11 is 0. The fourth-order valence-electron chi connectivity index (χ4n) is 1.75. The van der Waals surface area contributed by atoms with Crippen LogP contribution in [0.15, 0.2) is 36.5 Å². The lowest BCUT2D eigenvalue weighted by molar-refractivity contribution is 1.11. The molecule has 2 aromatic rings. The maximum absolute atomic E-state index is 4.32. The molecule has 0 unspecified atom stereocenters. The quantitative estimate of drug-likeness (QED) is 0.684. The van der Waals surface area contributed by atoms with Gasteiger partial charge in [-0.05, 0) is 37.5 Å². The molecule has 2 rings (SSSR count). The minimum atomic E-state index is 0.967. The molecule has 1 aromatic heterocycles. The molecular weight excluding hydrogens is 193 g/mol. The highest BCUT2D eigenvalue weighted by Crippen LogP contribution is 2.08. The Morgan fingerprint density at radius 1 is 1.06 bits per heavy atom. The molecule has 0 saturated carbocycles. The fourth-order valence-corrected chi connectivity index (χ4v) is 1.75. The van der Waals surface area contributed by atoms with Crippen LogP contribution in [0, 0.1) is 13.8 Å². The van der Waals surface area contributed by atoms with Gasteiger partial charge in [-0.1, -0.05) is 35.3 Å². The fraction of sp³-hybridized carbons (Fsp3) is 0.214. The Bertz CT molecular complexity index is 489. The lowest BCUT2D eigenvalue weighted by Crippen LogP contribution is -2.08. The normalized spacial score (nSPS) is 10.4. The Hall–Kier alpha value is -1.57. The van der Waals surface area contributed by atoms with E-state index in [0.29, 0.717) is 0 Å². The van der Waals surface area contributed by atoms with Crippen LogP contribution in [0.3, 0.4) is 0 Å². The van der Waals surface area contributed by atoms with Crippen molar-refractivity contribution in [2.24, 2.45) is 0 Å². The molecular formula is C14H16BN. The van der Waals surface area contributed by atoms with Crippen LogP contribution in [0.4, 0.5) is 0 Å². The molecule has 1 aromatic carbocycles. The summed E-state index contributed by atoms with van der Waals surface area (Å²) in [5.41, 5.74) is 6.41. The summed E-state index contributed by atoms with van der Waals surface area (Å²) in [5.74, 6) is 0. The van der Waals surface area contributed by atoms with Gasteiger partial charge in [0.15, 0.2) is 0 Å². The number of nitrogens with zero attached hydrogens (tertiary/aromatic N) is 1. The highest BCUT2D eigenvalue weighted by Gasteiger charge is 1.99. The second-order valence-electron chi connectivity index (χ2n) is 4.40. The number of benzene rings is 1. The van der Waals surface area contributed by atoms with Gasteiger partial charge in [-0.3, -0.25) is 4.98 Å². The lowest BCUT2D eigenvalue weighted by Gasteiger charge is -2.05. The van der Waals surface area contributed by atoms with Crippen molar-refractivity contribution in [3.8, 4) is 0 Å². The van der Waals surface area contributed by atoms with Crippen LogP contribution in [-0.4, -0.2) is 12.8 Å². The smallest absolute Gasteiger partial charge is 0.139 e. The summed E-state index contributed by atoms with van der Waals surface area (Å²) in [7, 11) is 2.16. The van der Waals surface area contributed by atoms with E-state index in [1.165, 1.54) is 22.2 Å². The van der Waals surface area contributed by atoms with Crippen LogP contribution in [0.5, 0.6) is 0 Å². The third kappa shape index (κ3) is 2.51. The predicted octanol–water partition coefficient (Wildman–Crippen LogP) is 1.55. The highest BCUT2D eigenvalue weighted by atomic mass is 14.7. The van der Waals surface area contributed by atoms with Gasteiger partial charge in [0.2, 0.25) is 0 Å². The third-order valence-corrected chi connectivity index (χ3v) is 2.95. The number of rotatable bonds is 2. The van der Waals surface area contributed by atoms with Crippen molar-refractivity contribution in [2.75, 3.05) is 0 Å². The van der Waals surface area contributed by atoms with Crippen molar-refractivity contribution >= 4 is 13.3 Å². The summed E-state index contributed by atoms with van der Waals surface area (Å²) in [5, 5.41) is 0. The first kappa shape index (κ1) is 10.9. The Balaban J connectivity index is 2.20. The molecule has 0 bridgehead atoms. The molecule has 0 atom stereocenters. The Morgan fingerprint density at radius 3 is 2.44 bits per heavy atom. The molecule has 0 spiro atoms. The summed E-state index contributed by atoms with van der Waals surface area (Å²) < 4.78 is 0. The van der Waals surface area contributed by atoms with E-state index in [2.05, 4.69) is 50.1 Å². The van der Waals surface area contributed by atoms with Gasteiger partial charge in [-0.25, -0.2) is 0 Å². The maximum atomic E-state index is 4.32. The van der Waals surface area contributed by atoms with Crippen LogP contribution >= 0.6 is 0 Å². The van der Waals surface area contributed by atoms with E-state index in [0.717, 1.165) is 12.1 Å². The topological polar surface area (TPSA) is 12.9 Å². The van der Waals surface area contributed by atoms with Crippen LogP contribution < -0.4 is 5.46 Å². The van der Waals surface area contributed by atoms with Crippen molar-refractivity contribution in [3.05, 3.63) is 58.9 Å². The van der Waals surface area contributed by atoms with Crippen LogP contribution in [-0.2, 0) is 6.42 Å². The number of hydrogen-bond acceptors (Lipinski definition) is 1. The zero-order valence-corrected chi connectivity index (χ0v) is 10.1. The SMILES string of the molecule is Bc1cc(Cc2ccc(C)nc2)ccc1C. The molecule has 0 saturated heterocycles. The van der Waals surface area contributed by atoms with E-state index in [4.69, 9.17) is 0 Å². The number of aryl methyl sites for hydroxylation is 2. The molecule has 80 valence electrons. The first-order chi connectivity index (χ1) is 7.65. The zero-order chi connectivity index (χ0) is 11.5. The number of hydrogen-bond donors (Lipinski definition) is 0. The van der Waals surface area contributed by atoms with Crippen molar-refractivity contribution < 1.29 is 0 Å². The minimum absolute atomic E-state index is 0.967. The zero-order valence-electron chi connectivity index (χ0n) is 10.1. The van der Waals surface area contributed by atoms with E-state index in [-0.39, 0.29) is 0 Å². The van der Waals surface area contributed by atoms with Gasteiger partial charge in [0.25, 0.3) is 0 Å². The number of aromatic nitrogens is 1. The molecule has 1 heterocycles. The first-order valence-electron chi connectivity index (χ1n) is 5.63. The Morgan fingerprint density at radius 2 is 1.81 bits per heavy atom. The molecule has 0 N–H and O–H groups in total. The number of pyridine rings is 1. The van der Waals surface area contributed by atoms with Gasteiger partial charge in [-0.15, -0.1) is 0 Å². The minimum Gasteiger partial charge on any atom is -0.261 e. The monoisotopic (exact) mass is 209 g/mol. The molecule has 0 radical (unpaired) electrons. The van der Waals surface area contributed by atoms with E-state index in [9.17, 15) is 0 Å². The van der Waals surface area contributed by atoms with Crippen molar-refractivity contribution in [1.29, 1.82) is 0 Å². The van der Waals surface area contributed by atoms with E-state index >= 15 is 0 Å². The Labute approximate surface area is 98.0 Å². The van der Waals surface area contributed by atoms with E-state index in [1.54, 1.807) is 0 Å². The molecule has 0 fully saturated rings. The Kier molecular flexibility index (Phi) is 3.09. The van der Waals surface area contributed by atoms with Gasteiger partial charge < -0.3 is 0 Å². The average molecular weight is 209 g/mol. The molecule has 0 amide bonds. The van der Waals surface area contributed by atoms with Gasteiger partial charge in [-0.2, -0.15) is 0 Å². The second-order valence-corrected chi connectivity index (χ2v) is 4.40. The van der Waals surface area contributed by atoms with E-state index < -0.39 is 0 Å². The van der Waals surface area contributed by atoms with Gasteiger partial charge in [0.1, 0.15) is 7.85 Å². The predicted molar refractivity (Wildman–Crippen MR) is 71.1 cm³/mol. The largest absolute Gasteiger partial charge is 0.261 e. The second kappa shape index (κ2) is 4.52. The van der Waals surface area contributed by atoms with Gasteiger partial charge in [0, 0.05) is 11.9 Å². The van der Waals surface area contributed by atoms with Gasteiger partial charge in [0.05, 0.1) is 0 Å². The molecule has 0 aliphatic carbocycles. The maximum Gasteiger partial charge on any atom is 0.139 e. The molecule has 0 aliphatic heterocycles. The average Bonchev–Trinajstić information content (AvgIpc) is 2.27. The summed E-state index contributed by atoms with van der Waals surface area (Å²) in [6, 6.07) is 10.9. The highest BCUT2D eigenvalue weighted by molar-refractivity contribution is 6.33.